The van der Waals surface area contributed by atoms with Crippen molar-refractivity contribution in [2.24, 2.45) is 0 Å². The quantitative estimate of drug-likeness (QED) is 0.661. The lowest BCUT2D eigenvalue weighted by Gasteiger charge is -2.09. The summed E-state index contributed by atoms with van der Waals surface area (Å²) < 4.78 is 37.6. The van der Waals surface area contributed by atoms with E-state index >= 15 is 0 Å². The van der Waals surface area contributed by atoms with Gasteiger partial charge in [-0.1, -0.05) is 42.1 Å². The summed E-state index contributed by atoms with van der Waals surface area (Å²) in [7, 11) is 0. The maximum Gasteiger partial charge on any atom is 0.219 e. The predicted octanol–water partition coefficient (Wildman–Crippen LogP) is 4.38. The fourth-order valence-electron chi connectivity index (χ4n) is 1.59. The lowest BCUT2D eigenvalue weighted by atomic mass is 10.1. The van der Waals surface area contributed by atoms with Crippen LogP contribution >= 0.6 is 11.8 Å². The molecule has 2 atom stereocenters. The number of alkyl halides is 3. The molecule has 2 unspecified atom stereocenters. The van der Waals surface area contributed by atoms with Crippen molar-refractivity contribution >= 4 is 16.9 Å². The van der Waals surface area contributed by atoms with E-state index in [0.29, 0.717) is 17.7 Å². The van der Waals surface area contributed by atoms with Crippen molar-refractivity contribution in [3.05, 3.63) is 35.9 Å². The van der Waals surface area contributed by atoms with E-state index in [1.54, 1.807) is 24.3 Å². The second kappa shape index (κ2) is 9.02. The minimum Gasteiger partial charge on any atom is -0.282 e. The van der Waals surface area contributed by atoms with Crippen molar-refractivity contribution in [2.75, 3.05) is 12.4 Å². The van der Waals surface area contributed by atoms with Crippen LogP contribution < -0.4 is 0 Å². The zero-order valence-corrected chi connectivity index (χ0v) is 11.3. The van der Waals surface area contributed by atoms with E-state index in [1.807, 2.05) is 6.07 Å². The van der Waals surface area contributed by atoms with Crippen molar-refractivity contribution in [3.8, 4) is 0 Å². The number of hydrogen-bond donors (Lipinski definition) is 0. The fraction of sp³-hybridized carbons (Fsp3) is 0.500. The number of thioether (sulfide) groups is 1. The second-order valence-electron chi connectivity index (χ2n) is 4.23. The van der Waals surface area contributed by atoms with Crippen LogP contribution in [0.2, 0.25) is 0 Å². The summed E-state index contributed by atoms with van der Waals surface area (Å²) in [6, 6.07) is 8.84. The molecule has 1 aromatic rings. The standard InChI is InChI=1S/C14H17F3OS/c15-10-13(17)9-12(16)7-4-8-19-14(18)11-5-2-1-3-6-11/h1-3,5-6,12-13H,4,7-10H2. The van der Waals surface area contributed by atoms with Gasteiger partial charge in [-0.3, -0.25) is 4.79 Å². The number of rotatable bonds is 8. The summed E-state index contributed by atoms with van der Waals surface area (Å²) in [5, 5.41) is -0.0527. The van der Waals surface area contributed by atoms with Crippen molar-refractivity contribution in [2.45, 2.75) is 31.6 Å². The Kier molecular flexibility index (Phi) is 7.63. The summed E-state index contributed by atoms with van der Waals surface area (Å²) in [5.74, 6) is 0.487. The van der Waals surface area contributed by atoms with Gasteiger partial charge in [-0.05, 0) is 12.8 Å². The van der Waals surface area contributed by atoms with Crippen molar-refractivity contribution in [3.63, 3.8) is 0 Å². The van der Waals surface area contributed by atoms with E-state index in [9.17, 15) is 18.0 Å². The molecule has 1 rings (SSSR count). The highest BCUT2D eigenvalue weighted by Crippen LogP contribution is 2.17. The molecule has 106 valence electrons. The van der Waals surface area contributed by atoms with Gasteiger partial charge in [0, 0.05) is 17.7 Å². The molecular formula is C14H17F3OS. The molecule has 0 radical (unpaired) electrons. The molecule has 1 nitrogen and oxygen atoms in total. The molecule has 1 aromatic carbocycles. The zero-order valence-electron chi connectivity index (χ0n) is 10.5. The summed E-state index contributed by atoms with van der Waals surface area (Å²) in [4.78, 5) is 11.7. The van der Waals surface area contributed by atoms with E-state index in [-0.39, 0.29) is 11.5 Å². The minimum atomic E-state index is -1.71. The van der Waals surface area contributed by atoms with Gasteiger partial charge in [-0.15, -0.1) is 0 Å². The van der Waals surface area contributed by atoms with Crippen LogP contribution in [0.3, 0.4) is 0 Å². The van der Waals surface area contributed by atoms with Gasteiger partial charge >= 0.3 is 0 Å². The highest BCUT2D eigenvalue weighted by atomic mass is 32.2. The van der Waals surface area contributed by atoms with E-state index in [1.165, 1.54) is 0 Å². The van der Waals surface area contributed by atoms with Crippen molar-refractivity contribution in [1.82, 2.24) is 0 Å². The number of hydrogen-bond acceptors (Lipinski definition) is 2. The monoisotopic (exact) mass is 290 g/mol. The summed E-state index contributed by atoms with van der Waals surface area (Å²) in [6.07, 6.45) is -2.81. The van der Waals surface area contributed by atoms with Crippen LogP contribution in [0.15, 0.2) is 30.3 Å². The SMILES string of the molecule is O=C(SCCCC(F)CC(F)CF)c1ccccc1. The third-order valence-electron chi connectivity index (χ3n) is 2.58. The van der Waals surface area contributed by atoms with Crippen LogP contribution in [0.25, 0.3) is 0 Å². The molecule has 19 heavy (non-hydrogen) atoms. The van der Waals surface area contributed by atoms with Gasteiger partial charge in [0.25, 0.3) is 0 Å². The summed E-state index contributed by atoms with van der Waals surface area (Å²) >= 11 is 1.12. The Hall–Kier alpha value is -0.970. The van der Waals surface area contributed by atoms with E-state index in [2.05, 4.69) is 0 Å². The smallest absolute Gasteiger partial charge is 0.219 e. The van der Waals surface area contributed by atoms with Gasteiger partial charge in [-0.25, -0.2) is 13.2 Å². The number of benzene rings is 1. The molecule has 0 heterocycles. The number of carbonyl (C=O) groups excluding carboxylic acids is 1. The van der Waals surface area contributed by atoms with Gasteiger partial charge in [0.1, 0.15) is 19.0 Å². The molecule has 0 fully saturated rings. The Morgan fingerprint density at radius 2 is 1.84 bits per heavy atom. The Bertz CT molecular complexity index is 372. The van der Waals surface area contributed by atoms with Gasteiger partial charge in [0.15, 0.2) is 0 Å². The Balaban J connectivity index is 2.16. The molecule has 0 spiro atoms. The van der Waals surface area contributed by atoms with E-state index < -0.39 is 25.4 Å². The molecule has 0 aliphatic rings. The molecule has 0 saturated carbocycles. The van der Waals surface area contributed by atoms with Crippen LogP contribution in [0.4, 0.5) is 13.2 Å². The molecule has 5 heteroatoms. The zero-order chi connectivity index (χ0) is 14.1. The van der Waals surface area contributed by atoms with Gasteiger partial charge in [-0.2, -0.15) is 0 Å². The molecule has 0 N–H and O–H groups in total. The third-order valence-corrected chi connectivity index (χ3v) is 3.57. The highest BCUT2D eigenvalue weighted by Gasteiger charge is 2.15. The molecule has 0 amide bonds. The molecule has 0 aromatic heterocycles. The van der Waals surface area contributed by atoms with E-state index in [0.717, 1.165) is 11.8 Å². The van der Waals surface area contributed by atoms with Gasteiger partial charge in [0.05, 0.1) is 0 Å². The Morgan fingerprint density at radius 3 is 2.47 bits per heavy atom. The highest BCUT2D eigenvalue weighted by molar-refractivity contribution is 8.14. The van der Waals surface area contributed by atoms with Crippen LogP contribution in [0.5, 0.6) is 0 Å². The first-order valence-corrected chi connectivity index (χ1v) is 7.18. The number of halogens is 3. The van der Waals surface area contributed by atoms with E-state index in [4.69, 9.17) is 0 Å². The minimum absolute atomic E-state index is 0.0527. The average molecular weight is 290 g/mol. The fourth-order valence-corrected chi connectivity index (χ4v) is 2.38. The lowest BCUT2D eigenvalue weighted by molar-refractivity contribution is 0.108. The molecule has 0 aliphatic carbocycles. The van der Waals surface area contributed by atoms with Crippen molar-refractivity contribution in [1.29, 1.82) is 0 Å². The van der Waals surface area contributed by atoms with Crippen molar-refractivity contribution < 1.29 is 18.0 Å². The maximum absolute atomic E-state index is 13.2. The first-order chi connectivity index (χ1) is 9.13. The van der Waals surface area contributed by atoms with Crippen LogP contribution in [0, 0.1) is 0 Å². The normalized spacial score (nSPS) is 14.1. The number of carbonyl (C=O) groups is 1. The maximum atomic E-state index is 13.2. The first kappa shape index (κ1) is 16.1. The summed E-state index contributed by atoms with van der Waals surface area (Å²) in [5.41, 5.74) is 0.616. The Morgan fingerprint density at radius 1 is 1.16 bits per heavy atom. The molecule has 0 bridgehead atoms. The molecular weight excluding hydrogens is 273 g/mol. The van der Waals surface area contributed by atoms with Crippen LogP contribution in [0.1, 0.15) is 29.6 Å². The largest absolute Gasteiger partial charge is 0.282 e. The third kappa shape index (κ3) is 6.66. The predicted molar refractivity (Wildman–Crippen MR) is 72.8 cm³/mol. The van der Waals surface area contributed by atoms with Crippen LogP contribution in [-0.4, -0.2) is 29.9 Å². The molecule has 0 saturated heterocycles. The topological polar surface area (TPSA) is 17.1 Å². The second-order valence-corrected chi connectivity index (χ2v) is 5.30. The summed E-state index contributed by atoms with van der Waals surface area (Å²) in [6.45, 7) is -1.14. The average Bonchev–Trinajstić information content (AvgIpc) is 2.44. The van der Waals surface area contributed by atoms with Gasteiger partial charge in [0.2, 0.25) is 5.12 Å². The van der Waals surface area contributed by atoms with Gasteiger partial charge < -0.3 is 0 Å². The Labute approximate surface area is 115 Å². The lowest BCUT2D eigenvalue weighted by Crippen LogP contribution is -2.12. The molecule has 0 aliphatic heterocycles. The van der Waals surface area contributed by atoms with Crippen LogP contribution in [-0.2, 0) is 0 Å². The first-order valence-electron chi connectivity index (χ1n) is 6.19.